The Morgan fingerprint density at radius 3 is 2.50 bits per heavy atom. The van der Waals surface area contributed by atoms with Gasteiger partial charge in [0.2, 0.25) is 0 Å². The monoisotopic (exact) mass is 435 g/mol. The van der Waals surface area contributed by atoms with E-state index in [4.69, 9.17) is 6.42 Å². The van der Waals surface area contributed by atoms with Crippen LogP contribution >= 0.6 is 0 Å². The fourth-order valence-electron chi connectivity index (χ4n) is 2.01. The number of aromatic nitrogens is 2. The minimum absolute atomic E-state index is 0. The van der Waals surface area contributed by atoms with E-state index in [1.54, 1.807) is 19.9 Å². The number of rotatable bonds is 1. The molecule has 1 heterocycles. The molecule has 0 saturated heterocycles. The number of aryl methyl sites for hydroxylation is 3. The summed E-state index contributed by atoms with van der Waals surface area (Å²) in [7, 11) is 0. The van der Waals surface area contributed by atoms with Gasteiger partial charge < -0.3 is 4.57 Å². The Morgan fingerprint density at radius 2 is 1.95 bits per heavy atom. The fraction of sp³-hybridized carbons (Fsp3) is 0.250. The van der Waals surface area contributed by atoms with E-state index >= 15 is 0 Å². The Kier molecular flexibility index (Phi) is 5.08. The summed E-state index contributed by atoms with van der Waals surface area (Å²) in [6, 6.07) is 6.85. The third kappa shape index (κ3) is 2.76. The first kappa shape index (κ1) is 16.4. The van der Waals surface area contributed by atoms with Crippen LogP contribution in [-0.2, 0) is 21.1 Å². The molecular formula is C16H15N2OW-. The summed E-state index contributed by atoms with van der Waals surface area (Å²) >= 11 is 0. The molecule has 0 unspecified atom stereocenters. The smallest absolute Gasteiger partial charge is 0.250 e. The van der Waals surface area contributed by atoms with Crippen molar-refractivity contribution >= 4 is 0 Å². The molecule has 0 aliphatic heterocycles. The van der Waals surface area contributed by atoms with Crippen LogP contribution in [0.2, 0.25) is 0 Å². The zero-order chi connectivity index (χ0) is 14.2. The van der Waals surface area contributed by atoms with Gasteiger partial charge in [-0.05, 0) is 19.8 Å². The van der Waals surface area contributed by atoms with E-state index in [9.17, 15) is 4.79 Å². The summed E-state index contributed by atoms with van der Waals surface area (Å²) < 4.78 is 1.48. The second kappa shape index (κ2) is 6.20. The van der Waals surface area contributed by atoms with Gasteiger partial charge in [0.1, 0.15) is 0 Å². The minimum Gasteiger partial charge on any atom is -0.309 e. The summed E-state index contributed by atoms with van der Waals surface area (Å²) in [4.78, 5) is 16.7. The van der Waals surface area contributed by atoms with Crippen molar-refractivity contribution in [3.8, 4) is 18.0 Å². The number of nitrogens with zero attached hydrogens (tertiary/aromatic N) is 2. The van der Waals surface area contributed by atoms with Crippen LogP contribution in [0, 0.1) is 46.1 Å². The summed E-state index contributed by atoms with van der Waals surface area (Å²) in [6.07, 6.45) is 5.47. The molecule has 2 rings (SSSR count). The summed E-state index contributed by atoms with van der Waals surface area (Å²) in [5.41, 5.74) is 3.88. The third-order valence-corrected chi connectivity index (χ3v) is 3.20. The second-order valence-corrected chi connectivity index (χ2v) is 4.61. The van der Waals surface area contributed by atoms with Crippen LogP contribution < -0.4 is 5.56 Å². The molecular weight excluding hydrogens is 420 g/mol. The van der Waals surface area contributed by atoms with Crippen molar-refractivity contribution in [2.75, 3.05) is 0 Å². The molecule has 0 amide bonds. The van der Waals surface area contributed by atoms with Crippen molar-refractivity contribution in [2.24, 2.45) is 0 Å². The largest absolute Gasteiger partial charge is 0.309 e. The van der Waals surface area contributed by atoms with Crippen molar-refractivity contribution in [2.45, 2.75) is 27.7 Å². The standard InChI is InChI=1S/C16H15N2O.W/c1-6-15-17-13(5)12(4)16(19)18(15)14-8-7-10(2)9-11(14)3;/h1,8-9H,2-5H3;/q-1;. The van der Waals surface area contributed by atoms with E-state index in [0.29, 0.717) is 17.1 Å². The van der Waals surface area contributed by atoms with E-state index in [2.05, 4.69) is 17.0 Å². The topological polar surface area (TPSA) is 34.9 Å². The maximum atomic E-state index is 12.4. The van der Waals surface area contributed by atoms with Gasteiger partial charge in [0.25, 0.3) is 5.56 Å². The SMILES string of the molecule is C#Cc1nc(C)c(C)c(=O)n1-c1c[c-]c(C)cc1C.[W]. The van der Waals surface area contributed by atoms with Gasteiger partial charge in [-0.3, -0.25) is 4.79 Å². The fourth-order valence-corrected chi connectivity index (χ4v) is 2.01. The van der Waals surface area contributed by atoms with Crippen molar-refractivity contribution < 1.29 is 21.1 Å². The Hall–Kier alpha value is -1.65. The second-order valence-electron chi connectivity index (χ2n) is 4.61. The minimum atomic E-state index is -0.124. The quantitative estimate of drug-likeness (QED) is 0.509. The molecule has 0 bridgehead atoms. The van der Waals surface area contributed by atoms with Crippen LogP contribution in [0.4, 0.5) is 0 Å². The van der Waals surface area contributed by atoms with Crippen LogP contribution in [-0.4, -0.2) is 9.55 Å². The predicted octanol–water partition coefficient (Wildman–Crippen LogP) is 2.25. The summed E-state index contributed by atoms with van der Waals surface area (Å²) in [6.45, 7) is 7.45. The summed E-state index contributed by atoms with van der Waals surface area (Å²) in [5, 5.41) is 0. The Balaban J connectivity index is 0.00000200. The maximum absolute atomic E-state index is 12.4. The molecule has 0 atom stereocenters. The van der Waals surface area contributed by atoms with E-state index in [1.807, 2.05) is 19.9 Å². The molecule has 3 nitrogen and oxygen atoms in total. The number of hydrogen-bond donors (Lipinski definition) is 0. The molecule has 2 aromatic rings. The molecule has 0 spiro atoms. The molecule has 0 saturated carbocycles. The molecule has 0 aliphatic carbocycles. The maximum Gasteiger partial charge on any atom is 0.250 e. The molecule has 102 valence electrons. The van der Waals surface area contributed by atoms with Crippen LogP contribution in [0.15, 0.2) is 16.9 Å². The van der Waals surface area contributed by atoms with Crippen LogP contribution in [0.5, 0.6) is 0 Å². The molecule has 0 radical (unpaired) electrons. The molecule has 4 heteroatoms. The Bertz CT molecular complexity index is 754. The van der Waals surface area contributed by atoms with Crippen LogP contribution in [0.1, 0.15) is 28.2 Å². The Labute approximate surface area is 133 Å². The van der Waals surface area contributed by atoms with E-state index in [-0.39, 0.29) is 26.6 Å². The number of terminal acetylenes is 1. The van der Waals surface area contributed by atoms with Gasteiger partial charge in [-0.15, -0.1) is 12.0 Å². The predicted molar refractivity (Wildman–Crippen MR) is 75.6 cm³/mol. The van der Waals surface area contributed by atoms with Gasteiger partial charge in [0.05, 0.1) is 0 Å². The number of benzene rings is 1. The van der Waals surface area contributed by atoms with Gasteiger partial charge >= 0.3 is 0 Å². The molecule has 1 aromatic carbocycles. The first-order valence-corrected chi connectivity index (χ1v) is 6.02. The molecule has 20 heavy (non-hydrogen) atoms. The molecule has 1 aromatic heterocycles. The van der Waals surface area contributed by atoms with Crippen LogP contribution in [0.3, 0.4) is 0 Å². The average Bonchev–Trinajstić information content (AvgIpc) is 2.37. The zero-order valence-electron chi connectivity index (χ0n) is 11.9. The van der Waals surface area contributed by atoms with Gasteiger partial charge in [0, 0.05) is 32.3 Å². The van der Waals surface area contributed by atoms with Gasteiger partial charge in [0.15, 0.2) is 5.82 Å². The van der Waals surface area contributed by atoms with Crippen molar-refractivity contribution in [1.82, 2.24) is 9.55 Å². The number of hydrogen-bond acceptors (Lipinski definition) is 2. The molecule has 0 aliphatic rings. The van der Waals surface area contributed by atoms with E-state index in [1.165, 1.54) is 4.57 Å². The van der Waals surface area contributed by atoms with E-state index < -0.39 is 0 Å². The van der Waals surface area contributed by atoms with Gasteiger partial charge in [-0.25, -0.2) is 4.98 Å². The van der Waals surface area contributed by atoms with Crippen molar-refractivity contribution in [3.05, 3.63) is 56.8 Å². The van der Waals surface area contributed by atoms with Crippen LogP contribution in [0.25, 0.3) is 5.69 Å². The first-order chi connectivity index (χ1) is 8.95. The molecule has 0 fully saturated rings. The van der Waals surface area contributed by atoms with Crippen molar-refractivity contribution in [1.29, 1.82) is 0 Å². The first-order valence-electron chi connectivity index (χ1n) is 6.02. The zero-order valence-corrected chi connectivity index (χ0v) is 14.9. The van der Waals surface area contributed by atoms with E-state index in [0.717, 1.165) is 16.8 Å². The third-order valence-electron chi connectivity index (χ3n) is 3.20. The normalized spacial score (nSPS) is 9.75. The van der Waals surface area contributed by atoms with Gasteiger partial charge in [-0.2, -0.15) is 23.8 Å². The Morgan fingerprint density at radius 1 is 1.30 bits per heavy atom. The summed E-state index contributed by atoms with van der Waals surface area (Å²) in [5.74, 6) is 2.81. The van der Waals surface area contributed by atoms with Crippen molar-refractivity contribution in [3.63, 3.8) is 0 Å². The molecule has 0 N–H and O–H groups in total. The van der Waals surface area contributed by atoms with Gasteiger partial charge in [-0.1, -0.05) is 19.5 Å². The average molecular weight is 435 g/mol.